The fraction of sp³-hybridized carbons (Fsp3) is 0.409. The van der Waals surface area contributed by atoms with Crippen molar-refractivity contribution in [3.63, 3.8) is 0 Å². The van der Waals surface area contributed by atoms with Crippen LogP contribution in [0.5, 0.6) is 11.5 Å². The van der Waals surface area contributed by atoms with Crippen LogP contribution in [0.1, 0.15) is 42.1 Å². The highest BCUT2D eigenvalue weighted by molar-refractivity contribution is 7.89. The van der Waals surface area contributed by atoms with Crippen LogP contribution in [0, 0.1) is 6.92 Å². The molecule has 0 radical (unpaired) electrons. The van der Waals surface area contributed by atoms with E-state index in [1.165, 1.54) is 4.31 Å². The van der Waals surface area contributed by atoms with E-state index >= 15 is 0 Å². The average Bonchev–Trinajstić information content (AvgIpc) is 3.10. The number of aryl methyl sites for hydroxylation is 1. The molecular formula is C22H25NO5S. The van der Waals surface area contributed by atoms with Crippen molar-refractivity contribution in [1.82, 2.24) is 4.31 Å². The van der Waals surface area contributed by atoms with E-state index in [1.54, 1.807) is 36.4 Å². The summed E-state index contributed by atoms with van der Waals surface area (Å²) in [5.41, 5.74) is 0.557. The Bertz CT molecular complexity index is 1050. The smallest absolute Gasteiger partial charge is 0.243 e. The number of sulfonamides is 1. The molecule has 0 aliphatic carbocycles. The van der Waals surface area contributed by atoms with Crippen LogP contribution in [0.4, 0.5) is 0 Å². The summed E-state index contributed by atoms with van der Waals surface area (Å²) in [7, 11) is -3.68. The second-order valence-electron chi connectivity index (χ2n) is 7.75. The lowest BCUT2D eigenvalue weighted by Crippen LogP contribution is -2.45. The van der Waals surface area contributed by atoms with E-state index in [0.717, 1.165) is 12.0 Å². The molecule has 154 valence electrons. The number of Topliss-reactive ketones (excluding diaryl/α,β-unsaturated/α-hetero) is 1. The van der Waals surface area contributed by atoms with Crippen LogP contribution in [-0.4, -0.2) is 43.8 Å². The molecule has 2 aromatic rings. The van der Waals surface area contributed by atoms with Gasteiger partial charge >= 0.3 is 0 Å². The standard InChI is InChI=1S/C22H25NO5S/c1-3-12-27-20-9-8-17(13-16(20)2)29(25,26)23-11-10-22(15-23)14-19(24)18-6-4-5-7-21(18)28-22/h4-9,13H,3,10-12,14-15H2,1-2H3. The highest BCUT2D eigenvalue weighted by atomic mass is 32.2. The van der Waals surface area contributed by atoms with Crippen molar-refractivity contribution >= 4 is 15.8 Å². The van der Waals surface area contributed by atoms with E-state index in [2.05, 4.69) is 0 Å². The molecular weight excluding hydrogens is 390 g/mol. The Labute approximate surface area is 171 Å². The zero-order valence-corrected chi connectivity index (χ0v) is 17.5. The van der Waals surface area contributed by atoms with Crippen LogP contribution in [0.3, 0.4) is 0 Å². The molecule has 1 unspecified atom stereocenters. The fourth-order valence-corrected chi connectivity index (χ4v) is 5.59. The fourth-order valence-electron chi connectivity index (χ4n) is 3.99. The monoisotopic (exact) mass is 415 g/mol. The number of ketones is 1. The maximum Gasteiger partial charge on any atom is 0.243 e. The molecule has 2 aliphatic heterocycles. The average molecular weight is 416 g/mol. The SMILES string of the molecule is CCCOc1ccc(S(=O)(=O)N2CCC3(CC(=O)c4ccccc4O3)C2)cc1C. The van der Waals surface area contributed by atoms with Crippen molar-refractivity contribution in [3.05, 3.63) is 53.6 Å². The van der Waals surface area contributed by atoms with Crippen molar-refractivity contribution in [1.29, 1.82) is 0 Å². The summed E-state index contributed by atoms with van der Waals surface area (Å²) in [6, 6.07) is 12.1. The summed E-state index contributed by atoms with van der Waals surface area (Å²) in [5.74, 6) is 1.23. The largest absolute Gasteiger partial charge is 0.493 e. The molecule has 1 fully saturated rings. The number of carbonyl (C=O) groups is 1. The van der Waals surface area contributed by atoms with Crippen LogP contribution in [-0.2, 0) is 10.0 Å². The number of ether oxygens (including phenoxy) is 2. The number of carbonyl (C=O) groups excluding carboxylic acids is 1. The first-order valence-corrected chi connectivity index (χ1v) is 11.3. The lowest BCUT2D eigenvalue weighted by atomic mass is 9.89. The molecule has 1 saturated heterocycles. The third kappa shape index (κ3) is 3.65. The number of hydrogen-bond donors (Lipinski definition) is 0. The van der Waals surface area contributed by atoms with Gasteiger partial charge in [-0.1, -0.05) is 19.1 Å². The summed E-state index contributed by atoms with van der Waals surface area (Å²) in [4.78, 5) is 12.8. The highest BCUT2D eigenvalue weighted by Crippen LogP contribution is 2.40. The van der Waals surface area contributed by atoms with Crippen LogP contribution in [0.2, 0.25) is 0 Å². The number of fused-ring (bicyclic) bond motifs is 1. The molecule has 2 aromatic carbocycles. The summed E-state index contributed by atoms with van der Waals surface area (Å²) in [6.07, 6.45) is 1.57. The Morgan fingerprint density at radius 3 is 2.76 bits per heavy atom. The minimum Gasteiger partial charge on any atom is -0.493 e. The number of para-hydroxylation sites is 1. The second-order valence-corrected chi connectivity index (χ2v) is 9.68. The van der Waals surface area contributed by atoms with Gasteiger partial charge in [-0.15, -0.1) is 0 Å². The molecule has 0 amide bonds. The zero-order chi connectivity index (χ0) is 20.6. The predicted octanol–water partition coefficient (Wildman–Crippen LogP) is 3.58. The normalized spacial score (nSPS) is 21.8. The second kappa shape index (κ2) is 7.46. The van der Waals surface area contributed by atoms with Crippen molar-refractivity contribution < 1.29 is 22.7 Å². The Balaban J connectivity index is 1.56. The van der Waals surface area contributed by atoms with Gasteiger partial charge in [-0.25, -0.2) is 8.42 Å². The van der Waals surface area contributed by atoms with E-state index < -0.39 is 15.6 Å². The third-order valence-corrected chi connectivity index (χ3v) is 7.37. The van der Waals surface area contributed by atoms with Crippen LogP contribution < -0.4 is 9.47 Å². The molecule has 0 N–H and O–H groups in total. The summed E-state index contributed by atoms with van der Waals surface area (Å²) in [6.45, 7) is 4.95. The Hall–Kier alpha value is -2.38. The van der Waals surface area contributed by atoms with Gasteiger partial charge in [0.1, 0.15) is 17.1 Å². The van der Waals surface area contributed by atoms with Gasteiger partial charge in [-0.3, -0.25) is 4.79 Å². The summed E-state index contributed by atoms with van der Waals surface area (Å²) in [5, 5.41) is 0. The van der Waals surface area contributed by atoms with Gasteiger partial charge in [0.25, 0.3) is 0 Å². The summed E-state index contributed by atoms with van der Waals surface area (Å²) >= 11 is 0. The molecule has 1 spiro atoms. The van der Waals surface area contributed by atoms with Gasteiger partial charge < -0.3 is 9.47 Å². The highest BCUT2D eigenvalue weighted by Gasteiger charge is 2.48. The van der Waals surface area contributed by atoms with Crippen molar-refractivity contribution in [2.75, 3.05) is 19.7 Å². The maximum atomic E-state index is 13.2. The molecule has 4 rings (SSSR count). The number of nitrogens with zero attached hydrogens (tertiary/aromatic N) is 1. The van der Waals surface area contributed by atoms with Crippen molar-refractivity contribution in [2.45, 2.75) is 43.6 Å². The van der Waals surface area contributed by atoms with Gasteiger partial charge in [0.05, 0.1) is 30.0 Å². The zero-order valence-electron chi connectivity index (χ0n) is 16.7. The third-order valence-electron chi connectivity index (χ3n) is 5.52. The maximum absolute atomic E-state index is 13.2. The van der Waals surface area contributed by atoms with Gasteiger partial charge in [0, 0.05) is 13.0 Å². The molecule has 2 aliphatic rings. The number of benzene rings is 2. The molecule has 6 nitrogen and oxygen atoms in total. The van der Waals surface area contributed by atoms with Crippen molar-refractivity contribution in [2.24, 2.45) is 0 Å². The Morgan fingerprint density at radius 1 is 1.21 bits per heavy atom. The molecule has 29 heavy (non-hydrogen) atoms. The topological polar surface area (TPSA) is 72.9 Å². The molecule has 1 atom stereocenters. The lowest BCUT2D eigenvalue weighted by Gasteiger charge is -2.34. The molecule has 2 heterocycles. The molecule has 7 heteroatoms. The van der Waals surface area contributed by atoms with Gasteiger partial charge in [-0.2, -0.15) is 4.31 Å². The van der Waals surface area contributed by atoms with Crippen LogP contribution in [0.15, 0.2) is 47.4 Å². The van der Waals surface area contributed by atoms with Gasteiger partial charge in [0.15, 0.2) is 5.78 Å². The summed E-state index contributed by atoms with van der Waals surface area (Å²) < 4.78 is 39.6. The van der Waals surface area contributed by atoms with E-state index in [-0.39, 0.29) is 23.6 Å². The van der Waals surface area contributed by atoms with Gasteiger partial charge in [0.2, 0.25) is 10.0 Å². The van der Waals surface area contributed by atoms with Crippen LogP contribution in [0.25, 0.3) is 0 Å². The number of hydrogen-bond acceptors (Lipinski definition) is 5. The van der Waals surface area contributed by atoms with Crippen LogP contribution >= 0.6 is 0 Å². The number of rotatable bonds is 5. The molecule has 0 aromatic heterocycles. The van der Waals surface area contributed by atoms with Gasteiger partial charge in [-0.05, 0) is 49.2 Å². The molecule has 0 saturated carbocycles. The lowest BCUT2D eigenvalue weighted by molar-refractivity contribution is 0.0498. The van der Waals surface area contributed by atoms with E-state index in [4.69, 9.17) is 9.47 Å². The van der Waals surface area contributed by atoms with E-state index in [0.29, 0.717) is 36.6 Å². The quantitative estimate of drug-likeness (QED) is 0.746. The first-order chi connectivity index (χ1) is 13.8. The first kappa shape index (κ1) is 19.9. The predicted molar refractivity (Wildman–Crippen MR) is 109 cm³/mol. The first-order valence-electron chi connectivity index (χ1n) is 9.89. The van der Waals surface area contributed by atoms with Crippen molar-refractivity contribution in [3.8, 4) is 11.5 Å². The molecule has 0 bridgehead atoms. The van der Waals surface area contributed by atoms with E-state index in [1.807, 2.05) is 19.9 Å². The minimum atomic E-state index is -3.68. The minimum absolute atomic E-state index is 0.000585. The Morgan fingerprint density at radius 2 is 2.00 bits per heavy atom. The van der Waals surface area contributed by atoms with E-state index in [9.17, 15) is 13.2 Å². The Kier molecular flexibility index (Phi) is 5.12.